The quantitative estimate of drug-likeness (QED) is 0.549. The second-order valence-electron chi connectivity index (χ2n) is 8.53. The second kappa shape index (κ2) is 10.2. The summed E-state index contributed by atoms with van der Waals surface area (Å²) in [6.07, 6.45) is 0.950. The third-order valence-corrected chi connectivity index (χ3v) is 6.48. The van der Waals surface area contributed by atoms with Gasteiger partial charge in [-0.3, -0.25) is 9.59 Å². The molecule has 1 amide bonds. The van der Waals surface area contributed by atoms with Crippen LogP contribution in [0.3, 0.4) is 0 Å². The molecule has 1 aromatic carbocycles. The summed E-state index contributed by atoms with van der Waals surface area (Å²) in [6.45, 7) is 5.44. The first kappa shape index (κ1) is 25.1. The Kier molecular flexibility index (Phi) is 7.77. The first-order valence-electron chi connectivity index (χ1n) is 11.2. The van der Waals surface area contributed by atoms with E-state index in [0.717, 1.165) is 44.0 Å². The maximum absolute atomic E-state index is 13.4. The number of hydrogen-bond acceptors (Lipinski definition) is 3. The molecule has 1 heterocycles. The molecular formula is C24H29ClF3N3O2. The lowest BCUT2D eigenvalue weighted by atomic mass is 9.93. The Morgan fingerprint density at radius 2 is 1.85 bits per heavy atom. The maximum Gasteiger partial charge on any atom is 0.417 e. The number of halogens is 4. The zero-order chi connectivity index (χ0) is 24.3. The van der Waals surface area contributed by atoms with Crippen molar-refractivity contribution in [1.82, 2.24) is 10.3 Å². The molecule has 1 aliphatic carbocycles. The lowest BCUT2D eigenvalue weighted by Crippen LogP contribution is -2.37. The fourth-order valence-corrected chi connectivity index (χ4v) is 4.84. The van der Waals surface area contributed by atoms with Gasteiger partial charge in [-0.05, 0) is 57.4 Å². The lowest BCUT2D eigenvalue weighted by Gasteiger charge is -2.36. The van der Waals surface area contributed by atoms with Crippen LogP contribution in [0.25, 0.3) is 0 Å². The maximum atomic E-state index is 13.4. The van der Waals surface area contributed by atoms with Crippen LogP contribution >= 0.6 is 11.6 Å². The van der Waals surface area contributed by atoms with E-state index in [9.17, 15) is 22.8 Å². The Bertz CT molecular complexity index is 1080. The summed E-state index contributed by atoms with van der Waals surface area (Å²) in [4.78, 5) is 29.8. The van der Waals surface area contributed by atoms with Gasteiger partial charge in [0.15, 0.2) is 0 Å². The predicted molar refractivity (Wildman–Crippen MR) is 124 cm³/mol. The Balaban J connectivity index is 1.89. The Morgan fingerprint density at radius 3 is 2.45 bits per heavy atom. The van der Waals surface area contributed by atoms with E-state index in [1.165, 1.54) is 19.4 Å². The summed E-state index contributed by atoms with van der Waals surface area (Å²) in [7, 11) is 0. The van der Waals surface area contributed by atoms with Gasteiger partial charge in [0.1, 0.15) is 0 Å². The number of nitrogens with one attached hydrogen (secondary N) is 2. The summed E-state index contributed by atoms with van der Waals surface area (Å²) in [5, 5.41) is 2.86. The van der Waals surface area contributed by atoms with Gasteiger partial charge in [0.25, 0.3) is 11.5 Å². The van der Waals surface area contributed by atoms with Crippen molar-refractivity contribution in [2.45, 2.75) is 71.6 Å². The highest BCUT2D eigenvalue weighted by atomic mass is 35.5. The van der Waals surface area contributed by atoms with Gasteiger partial charge in [-0.2, -0.15) is 13.2 Å². The normalized spacial score (nSPS) is 14.9. The van der Waals surface area contributed by atoms with Crippen molar-refractivity contribution in [2.24, 2.45) is 0 Å². The number of benzene rings is 1. The van der Waals surface area contributed by atoms with Crippen LogP contribution in [0.1, 0.15) is 71.8 Å². The average molecular weight is 484 g/mol. The van der Waals surface area contributed by atoms with Gasteiger partial charge in [-0.1, -0.05) is 30.9 Å². The molecule has 0 saturated heterocycles. The molecule has 3 rings (SSSR count). The minimum Gasteiger partial charge on any atom is -0.369 e. The Morgan fingerprint density at radius 1 is 1.18 bits per heavy atom. The fraction of sp³-hybridized carbons (Fsp3) is 0.500. The number of hydrogen-bond donors (Lipinski definition) is 2. The zero-order valence-electron chi connectivity index (χ0n) is 19.0. The number of H-pyrrole nitrogens is 1. The first-order chi connectivity index (χ1) is 15.5. The molecule has 1 aromatic heterocycles. The van der Waals surface area contributed by atoms with E-state index in [0.29, 0.717) is 16.6 Å². The van der Waals surface area contributed by atoms with Crippen LogP contribution in [0.5, 0.6) is 0 Å². The molecular weight excluding hydrogens is 455 g/mol. The number of aryl methyl sites for hydroxylation is 1. The van der Waals surface area contributed by atoms with Crippen LogP contribution in [-0.4, -0.2) is 23.5 Å². The molecule has 1 saturated carbocycles. The molecule has 2 aromatic rings. The highest BCUT2D eigenvalue weighted by Crippen LogP contribution is 2.34. The van der Waals surface area contributed by atoms with E-state index < -0.39 is 35.3 Å². The number of carbonyl (C=O) groups excluding carboxylic acids is 1. The van der Waals surface area contributed by atoms with Crippen molar-refractivity contribution in [1.29, 1.82) is 0 Å². The van der Waals surface area contributed by atoms with Gasteiger partial charge in [0.2, 0.25) is 0 Å². The number of alkyl halides is 3. The van der Waals surface area contributed by atoms with E-state index in [1.54, 1.807) is 0 Å². The van der Waals surface area contributed by atoms with Gasteiger partial charge >= 0.3 is 6.18 Å². The SMILES string of the molecule is CCN(c1cc(Cl)cc(C(=O)NCc2c(C(F)(F)F)cc(C)[nH]c2=O)c1C)C1CCCCC1. The van der Waals surface area contributed by atoms with E-state index in [-0.39, 0.29) is 11.3 Å². The summed E-state index contributed by atoms with van der Waals surface area (Å²) in [5.41, 5.74) is -0.519. The van der Waals surface area contributed by atoms with Gasteiger partial charge in [0.05, 0.1) is 5.56 Å². The molecule has 1 aliphatic rings. The number of aromatic nitrogens is 1. The van der Waals surface area contributed by atoms with Gasteiger partial charge in [-0.15, -0.1) is 0 Å². The minimum absolute atomic E-state index is 0.0973. The number of rotatable bonds is 6. The number of carbonyl (C=O) groups is 1. The summed E-state index contributed by atoms with van der Waals surface area (Å²) >= 11 is 6.34. The molecule has 1 fully saturated rings. The summed E-state index contributed by atoms with van der Waals surface area (Å²) in [5.74, 6) is -0.580. The number of aromatic amines is 1. The fourth-order valence-electron chi connectivity index (χ4n) is 4.63. The highest BCUT2D eigenvalue weighted by Gasteiger charge is 2.35. The summed E-state index contributed by atoms with van der Waals surface area (Å²) < 4.78 is 40.3. The number of pyridine rings is 1. The van der Waals surface area contributed by atoms with Crippen molar-refractivity contribution < 1.29 is 18.0 Å². The molecule has 5 nitrogen and oxygen atoms in total. The number of anilines is 1. The molecule has 2 N–H and O–H groups in total. The van der Waals surface area contributed by atoms with Gasteiger partial charge in [0, 0.05) is 46.7 Å². The van der Waals surface area contributed by atoms with Crippen LogP contribution < -0.4 is 15.8 Å². The molecule has 33 heavy (non-hydrogen) atoms. The predicted octanol–water partition coefficient (Wildman–Crippen LogP) is 5.75. The lowest BCUT2D eigenvalue weighted by molar-refractivity contribution is -0.138. The first-order valence-corrected chi connectivity index (χ1v) is 11.6. The van der Waals surface area contributed by atoms with Crippen LogP contribution in [0.4, 0.5) is 18.9 Å². The highest BCUT2D eigenvalue weighted by molar-refractivity contribution is 6.31. The average Bonchev–Trinajstić information content (AvgIpc) is 2.75. The molecule has 0 radical (unpaired) electrons. The summed E-state index contributed by atoms with van der Waals surface area (Å²) in [6, 6.07) is 4.57. The minimum atomic E-state index is -4.71. The molecule has 0 unspecified atom stereocenters. The molecule has 9 heteroatoms. The molecule has 0 bridgehead atoms. The van der Waals surface area contributed by atoms with Crippen LogP contribution in [-0.2, 0) is 12.7 Å². The van der Waals surface area contributed by atoms with E-state index in [2.05, 4.69) is 22.1 Å². The third kappa shape index (κ3) is 5.72. The molecule has 0 atom stereocenters. The molecule has 180 valence electrons. The van der Waals surface area contributed by atoms with E-state index in [1.807, 2.05) is 13.0 Å². The van der Waals surface area contributed by atoms with Crippen molar-refractivity contribution in [2.75, 3.05) is 11.4 Å². The van der Waals surface area contributed by atoms with Crippen LogP contribution in [0.2, 0.25) is 5.02 Å². The van der Waals surface area contributed by atoms with Crippen molar-refractivity contribution in [3.05, 3.63) is 61.5 Å². The van der Waals surface area contributed by atoms with Crippen molar-refractivity contribution in [3.63, 3.8) is 0 Å². The Hall–Kier alpha value is -2.48. The molecule has 0 spiro atoms. The van der Waals surface area contributed by atoms with E-state index >= 15 is 0 Å². The third-order valence-electron chi connectivity index (χ3n) is 6.26. The van der Waals surface area contributed by atoms with Crippen molar-refractivity contribution in [3.8, 4) is 0 Å². The standard InChI is InChI=1S/C24H29ClF3N3O2/c1-4-31(17-8-6-5-7-9-17)21-12-16(25)11-18(15(21)3)22(32)29-13-19-20(24(26,27)28)10-14(2)30-23(19)33/h10-12,17H,4-9,13H2,1-3H3,(H,29,32)(H,30,33). The van der Waals surface area contributed by atoms with Crippen molar-refractivity contribution >= 4 is 23.2 Å². The largest absolute Gasteiger partial charge is 0.417 e. The Labute approximate surface area is 196 Å². The van der Waals surface area contributed by atoms with Gasteiger partial charge < -0.3 is 15.2 Å². The van der Waals surface area contributed by atoms with Crippen LogP contribution in [0.15, 0.2) is 23.0 Å². The number of amides is 1. The van der Waals surface area contributed by atoms with Gasteiger partial charge in [-0.25, -0.2) is 0 Å². The topological polar surface area (TPSA) is 65.2 Å². The zero-order valence-corrected chi connectivity index (χ0v) is 19.8. The van der Waals surface area contributed by atoms with E-state index in [4.69, 9.17) is 11.6 Å². The monoisotopic (exact) mass is 483 g/mol. The van der Waals surface area contributed by atoms with Crippen LogP contribution in [0, 0.1) is 13.8 Å². The smallest absolute Gasteiger partial charge is 0.369 e. The molecule has 0 aliphatic heterocycles. The second-order valence-corrected chi connectivity index (χ2v) is 8.97. The number of nitrogens with zero attached hydrogens (tertiary/aromatic N) is 1.